The van der Waals surface area contributed by atoms with Crippen molar-refractivity contribution in [2.24, 2.45) is 17.8 Å². The third kappa shape index (κ3) is 2.35. The number of carboxylic acids is 1. The number of hydrogen-bond acceptors (Lipinski definition) is 5. The quantitative estimate of drug-likeness (QED) is 0.895. The summed E-state index contributed by atoms with van der Waals surface area (Å²) >= 11 is 0. The second-order valence-corrected chi connectivity index (χ2v) is 7.10. The molecule has 0 amide bonds. The molecule has 0 atom stereocenters. The summed E-state index contributed by atoms with van der Waals surface area (Å²) in [4.78, 5) is 14.9. The highest BCUT2D eigenvalue weighted by atomic mass is 16.5. The van der Waals surface area contributed by atoms with E-state index in [9.17, 15) is 4.79 Å². The van der Waals surface area contributed by atoms with Crippen molar-refractivity contribution in [3.63, 3.8) is 0 Å². The van der Waals surface area contributed by atoms with Crippen LogP contribution in [-0.2, 0) is 21.6 Å². The van der Waals surface area contributed by atoms with Gasteiger partial charge in [0.25, 0.3) is 5.89 Å². The van der Waals surface area contributed by atoms with Gasteiger partial charge in [-0.3, -0.25) is 0 Å². The molecule has 114 valence electrons. The molecule has 1 aromatic rings. The van der Waals surface area contributed by atoms with Gasteiger partial charge in [-0.05, 0) is 56.3 Å². The topological polar surface area (TPSA) is 85.5 Å². The molecule has 0 aromatic carbocycles. The molecular weight excluding hydrogens is 272 g/mol. The van der Waals surface area contributed by atoms with E-state index in [0.29, 0.717) is 5.89 Å². The molecule has 1 aromatic heterocycles. The molecule has 4 aliphatic rings. The Morgan fingerprint density at radius 3 is 2.43 bits per heavy atom. The number of nitrogens with zero attached hydrogens (tertiary/aromatic N) is 2. The molecular formula is C15H20N2O4. The zero-order valence-electron chi connectivity index (χ0n) is 12.0. The van der Waals surface area contributed by atoms with Gasteiger partial charge < -0.3 is 14.4 Å². The van der Waals surface area contributed by atoms with Crippen molar-refractivity contribution in [1.82, 2.24) is 10.1 Å². The molecule has 4 aliphatic carbocycles. The molecule has 0 spiro atoms. The van der Waals surface area contributed by atoms with Crippen molar-refractivity contribution in [2.75, 3.05) is 6.61 Å². The van der Waals surface area contributed by atoms with Crippen LogP contribution in [0.15, 0.2) is 4.52 Å². The predicted molar refractivity (Wildman–Crippen MR) is 71.4 cm³/mol. The number of aliphatic carboxylic acids is 1. The summed E-state index contributed by atoms with van der Waals surface area (Å²) in [5.74, 6) is 2.73. The maximum Gasteiger partial charge on any atom is 0.329 e. The van der Waals surface area contributed by atoms with Gasteiger partial charge in [0.2, 0.25) is 0 Å². The molecule has 5 rings (SSSR count). The molecule has 4 bridgehead atoms. The maximum absolute atomic E-state index is 10.4. The lowest BCUT2D eigenvalue weighted by molar-refractivity contribution is -0.142. The molecule has 4 saturated carbocycles. The monoisotopic (exact) mass is 292 g/mol. The molecule has 0 aliphatic heterocycles. The van der Waals surface area contributed by atoms with Gasteiger partial charge in [-0.2, -0.15) is 4.98 Å². The molecule has 0 saturated heterocycles. The number of ether oxygens (including phenoxy) is 1. The number of carboxylic acid groups (broad SMARTS) is 1. The second kappa shape index (κ2) is 4.80. The van der Waals surface area contributed by atoms with E-state index >= 15 is 0 Å². The van der Waals surface area contributed by atoms with Crippen LogP contribution in [0.25, 0.3) is 0 Å². The van der Waals surface area contributed by atoms with Crippen molar-refractivity contribution < 1.29 is 19.2 Å². The lowest BCUT2D eigenvalue weighted by Gasteiger charge is -2.55. The van der Waals surface area contributed by atoms with E-state index in [2.05, 4.69) is 10.1 Å². The van der Waals surface area contributed by atoms with Gasteiger partial charge in [-0.1, -0.05) is 5.16 Å². The van der Waals surface area contributed by atoms with E-state index in [1.807, 2.05) is 0 Å². The van der Waals surface area contributed by atoms with Gasteiger partial charge in [0.15, 0.2) is 5.82 Å². The van der Waals surface area contributed by atoms with Crippen LogP contribution in [0.3, 0.4) is 0 Å². The standard InChI is InChI=1S/C15H20N2O4/c18-13(19)8-20-7-12-16-14(17-21-12)15-4-9-1-10(5-15)3-11(2-9)6-15/h9-11H,1-8H2,(H,18,19). The molecule has 21 heavy (non-hydrogen) atoms. The Hall–Kier alpha value is -1.43. The fourth-order valence-corrected chi connectivity index (χ4v) is 5.14. The molecule has 0 unspecified atom stereocenters. The number of aromatic nitrogens is 2. The lowest BCUT2D eigenvalue weighted by atomic mass is 9.49. The second-order valence-electron chi connectivity index (χ2n) is 7.10. The molecule has 6 nitrogen and oxygen atoms in total. The number of hydrogen-bond donors (Lipinski definition) is 1. The zero-order chi connectivity index (χ0) is 14.4. The van der Waals surface area contributed by atoms with Gasteiger partial charge in [-0.25, -0.2) is 4.79 Å². The minimum Gasteiger partial charge on any atom is -0.480 e. The Kier molecular flexibility index (Phi) is 3.03. The Morgan fingerprint density at radius 2 is 1.86 bits per heavy atom. The van der Waals surface area contributed by atoms with Crippen LogP contribution >= 0.6 is 0 Å². The van der Waals surface area contributed by atoms with Gasteiger partial charge in [0, 0.05) is 5.41 Å². The molecule has 4 fully saturated rings. The predicted octanol–water partition coefficient (Wildman–Crippen LogP) is 2.14. The molecule has 1 N–H and O–H groups in total. The fourth-order valence-electron chi connectivity index (χ4n) is 5.14. The van der Waals surface area contributed by atoms with Crippen molar-refractivity contribution in [3.05, 3.63) is 11.7 Å². The summed E-state index contributed by atoms with van der Waals surface area (Å²) in [6.07, 6.45) is 7.71. The maximum atomic E-state index is 10.4. The van der Waals surface area contributed by atoms with E-state index in [1.54, 1.807) is 0 Å². The Bertz CT molecular complexity index is 518. The van der Waals surface area contributed by atoms with Gasteiger partial charge in [0.05, 0.1) is 0 Å². The summed E-state index contributed by atoms with van der Waals surface area (Å²) in [5.41, 5.74) is 0.114. The first-order valence-corrected chi connectivity index (χ1v) is 7.75. The summed E-state index contributed by atoms with van der Waals surface area (Å²) in [6.45, 7) is -0.263. The lowest BCUT2D eigenvalue weighted by Crippen LogP contribution is -2.49. The van der Waals surface area contributed by atoms with Crippen LogP contribution in [0.5, 0.6) is 0 Å². The van der Waals surface area contributed by atoms with Crippen LogP contribution in [0, 0.1) is 17.8 Å². The third-order valence-corrected chi connectivity index (χ3v) is 5.43. The van der Waals surface area contributed by atoms with E-state index in [0.717, 1.165) is 23.6 Å². The van der Waals surface area contributed by atoms with Gasteiger partial charge in [0.1, 0.15) is 13.2 Å². The van der Waals surface area contributed by atoms with Crippen LogP contribution in [-0.4, -0.2) is 27.8 Å². The average Bonchev–Trinajstić information content (AvgIpc) is 2.86. The Balaban J connectivity index is 1.49. The first-order valence-electron chi connectivity index (χ1n) is 7.75. The van der Waals surface area contributed by atoms with Crippen LogP contribution in [0.1, 0.15) is 50.2 Å². The third-order valence-electron chi connectivity index (χ3n) is 5.43. The van der Waals surface area contributed by atoms with Crippen LogP contribution in [0.2, 0.25) is 0 Å². The smallest absolute Gasteiger partial charge is 0.329 e. The fraction of sp³-hybridized carbons (Fsp3) is 0.800. The van der Waals surface area contributed by atoms with Crippen molar-refractivity contribution in [2.45, 2.75) is 50.5 Å². The SMILES string of the molecule is O=C(O)COCc1nc(C23CC4CC(CC(C4)C2)C3)no1. The Morgan fingerprint density at radius 1 is 1.24 bits per heavy atom. The van der Waals surface area contributed by atoms with E-state index in [4.69, 9.17) is 14.4 Å². The van der Waals surface area contributed by atoms with E-state index < -0.39 is 5.97 Å². The number of carbonyl (C=O) groups is 1. The summed E-state index contributed by atoms with van der Waals surface area (Å²) in [5, 5.41) is 12.7. The largest absolute Gasteiger partial charge is 0.480 e. The Labute approximate surface area is 122 Å². The van der Waals surface area contributed by atoms with Crippen molar-refractivity contribution >= 4 is 5.97 Å². The van der Waals surface area contributed by atoms with Crippen molar-refractivity contribution in [3.8, 4) is 0 Å². The van der Waals surface area contributed by atoms with Crippen LogP contribution in [0.4, 0.5) is 0 Å². The van der Waals surface area contributed by atoms with Gasteiger partial charge in [-0.15, -0.1) is 0 Å². The highest BCUT2D eigenvalue weighted by Crippen LogP contribution is 2.60. The first kappa shape index (κ1) is 13.2. The average molecular weight is 292 g/mol. The summed E-state index contributed by atoms with van der Waals surface area (Å²) in [6, 6.07) is 0. The summed E-state index contributed by atoms with van der Waals surface area (Å²) < 4.78 is 10.3. The zero-order valence-corrected chi connectivity index (χ0v) is 12.0. The highest BCUT2D eigenvalue weighted by Gasteiger charge is 2.53. The first-order chi connectivity index (χ1) is 10.1. The molecule has 0 radical (unpaired) electrons. The molecule has 1 heterocycles. The van der Waals surface area contributed by atoms with Crippen molar-refractivity contribution in [1.29, 1.82) is 0 Å². The minimum absolute atomic E-state index is 0.0751. The molecule has 6 heteroatoms. The summed E-state index contributed by atoms with van der Waals surface area (Å²) in [7, 11) is 0. The van der Waals surface area contributed by atoms with Gasteiger partial charge >= 0.3 is 5.97 Å². The van der Waals surface area contributed by atoms with E-state index in [1.165, 1.54) is 38.5 Å². The number of rotatable bonds is 5. The highest BCUT2D eigenvalue weighted by molar-refractivity contribution is 5.67. The normalized spacial score (nSPS) is 37.0. The minimum atomic E-state index is -0.990. The van der Waals surface area contributed by atoms with E-state index in [-0.39, 0.29) is 18.6 Å². The van der Waals surface area contributed by atoms with Crippen LogP contribution < -0.4 is 0 Å².